The Labute approximate surface area is 130 Å². The molecular formula is C17H23NO2S. The monoisotopic (exact) mass is 305 g/mol. The first kappa shape index (κ1) is 15.0. The summed E-state index contributed by atoms with van der Waals surface area (Å²) in [6.07, 6.45) is 0.144. The van der Waals surface area contributed by atoms with Crippen molar-refractivity contribution in [3.63, 3.8) is 0 Å². The van der Waals surface area contributed by atoms with E-state index in [-0.39, 0.29) is 6.10 Å². The highest BCUT2D eigenvalue weighted by Gasteiger charge is 2.28. The van der Waals surface area contributed by atoms with Gasteiger partial charge in [0.1, 0.15) is 0 Å². The second-order valence-electron chi connectivity index (χ2n) is 6.03. The predicted octanol–water partition coefficient (Wildman–Crippen LogP) is 2.91. The van der Waals surface area contributed by atoms with Crippen molar-refractivity contribution in [3.8, 4) is 0 Å². The third-order valence-electron chi connectivity index (χ3n) is 4.27. The van der Waals surface area contributed by atoms with E-state index in [0.29, 0.717) is 19.1 Å². The lowest BCUT2D eigenvalue weighted by atomic mass is 10.0. The summed E-state index contributed by atoms with van der Waals surface area (Å²) in [5.41, 5.74) is 1.23. The van der Waals surface area contributed by atoms with Crippen molar-refractivity contribution in [1.82, 2.24) is 4.90 Å². The summed E-state index contributed by atoms with van der Waals surface area (Å²) in [4.78, 5) is 2.38. The summed E-state index contributed by atoms with van der Waals surface area (Å²) in [7, 11) is 0. The van der Waals surface area contributed by atoms with E-state index in [1.54, 1.807) is 11.3 Å². The topological polar surface area (TPSA) is 32.7 Å². The largest absolute Gasteiger partial charge is 0.390 e. The number of fused-ring (bicyclic) bond motifs is 1. The Bertz CT molecular complexity index is 595. The zero-order valence-corrected chi connectivity index (χ0v) is 13.5. The SMILES string of the molecule is CC(C)N1CCOC(C(O)Cc2csc3ccccc23)C1. The molecule has 0 aliphatic carbocycles. The molecule has 1 aliphatic heterocycles. The molecule has 1 aromatic carbocycles. The lowest BCUT2D eigenvalue weighted by Crippen LogP contribution is -2.50. The number of ether oxygens (including phenoxy) is 1. The van der Waals surface area contributed by atoms with Gasteiger partial charge in [-0.3, -0.25) is 4.90 Å². The van der Waals surface area contributed by atoms with Gasteiger partial charge in [0, 0.05) is 30.3 Å². The van der Waals surface area contributed by atoms with Gasteiger partial charge in [-0.1, -0.05) is 18.2 Å². The van der Waals surface area contributed by atoms with Gasteiger partial charge in [0.05, 0.1) is 18.8 Å². The van der Waals surface area contributed by atoms with Crippen LogP contribution in [0.3, 0.4) is 0 Å². The molecule has 0 radical (unpaired) electrons. The summed E-state index contributed by atoms with van der Waals surface area (Å²) in [5.74, 6) is 0. The molecular weight excluding hydrogens is 282 g/mol. The standard InChI is InChI=1S/C17H23NO2S/c1-12(2)18-7-8-20-16(10-18)15(19)9-13-11-21-17-6-4-3-5-14(13)17/h3-6,11-12,15-16,19H,7-10H2,1-2H3. The molecule has 1 aromatic heterocycles. The number of benzene rings is 1. The van der Waals surface area contributed by atoms with Crippen LogP contribution in [0.25, 0.3) is 10.1 Å². The van der Waals surface area contributed by atoms with Crippen molar-refractivity contribution in [1.29, 1.82) is 0 Å². The lowest BCUT2D eigenvalue weighted by molar-refractivity contribution is -0.0939. The van der Waals surface area contributed by atoms with E-state index in [1.807, 2.05) is 0 Å². The molecule has 21 heavy (non-hydrogen) atoms. The van der Waals surface area contributed by atoms with E-state index < -0.39 is 6.10 Å². The third-order valence-corrected chi connectivity index (χ3v) is 5.29. The predicted molar refractivity (Wildman–Crippen MR) is 88.0 cm³/mol. The fraction of sp³-hybridized carbons (Fsp3) is 0.529. The van der Waals surface area contributed by atoms with E-state index >= 15 is 0 Å². The quantitative estimate of drug-likeness (QED) is 0.943. The molecule has 1 fully saturated rings. The molecule has 0 amide bonds. The Morgan fingerprint density at radius 1 is 1.38 bits per heavy atom. The van der Waals surface area contributed by atoms with Gasteiger partial charge in [0.25, 0.3) is 0 Å². The normalized spacial score (nSPS) is 22.0. The molecule has 2 atom stereocenters. The molecule has 1 saturated heterocycles. The van der Waals surface area contributed by atoms with Crippen LogP contribution in [0.1, 0.15) is 19.4 Å². The van der Waals surface area contributed by atoms with Crippen molar-refractivity contribution >= 4 is 21.4 Å². The van der Waals surface area contributed by atoms with E-state index in [1.165, 1.54) is 15.6 Å². The van der Waals surface area contributed by atoms with E-state index in [9.17, 15) is 5.11 Å². The van der Waals surface area contributed by atoms with Crippen LogP contribution >= 0.6 is 11.3 Å². The fourth-order valence-corrected chi connectivity index (χ4v) is 3.92. The lowest BCUT2D eigenvalue weighted by Gasteiger charge is -2.37. The second-order valence-corrected chi connectivity index (χ2v) is 6.94. The molecule has 1 aliphatic rings. The molecule has 2 heterocycles. The van der Waals surface area contributed by atoms with Gasteiger partial charge in [-0.25, -0.2) is 0 Å². The van der Waals surface area contributed by atoms with E-state index in [0.717, 1.165) is 13.1 Å². The molecule has 0 saturated carbocycles. The number of hydrogen-bond acceptors (Lipinski definition) is 4. The Morgan fingerprint density at radius 2 is 2.19 bits per heavy atom. The summed E-state index contributed by atoms with van der Waals surface area (Å²) in [6, 6.07) is 8.89. The first-order valence-electron chi connectivity index (χ1n) is 7.64. The molecule has 4 heteroatoms. The highest BCUT2D eigenvalue weighted by Crippen LogP contribution is 2.27. The molecule has 3 nitrogen and oxygen atoms in total. The minimum Gasteiger partial charge on any atom is -0.390 e. The van der Waals surface area contributed by atoms with Crippen molar-refractivity contribution in [2.45, 2.75) is 38.5 Å². The number of rotatable bonds is 4. The Kier molecular flexibility index (Phi) is 4.60. The van der Waals surface area contributed by atoms with E-state index in [4.69, 9.17) is 4.74 Å². The van der Waals surface area contributed by atoms with Crippen LogP contribution in [0.15, 0.2) is 29.6 Å². The highest BCUT2D eigenvalue weighted by molar-refractivity contribution is 7.17. The van der Waals surface area contributed by atoms with Crippen LogP contribution in [0.2, 0.25) is 0 Å². The van der Waals surface area contributed by atoms with Gasteiger partial charge in [-0.05, 0) is 36.2 Å². The van der Waals surface area contributed by atoms with Crippen molar-refractivity contribution < 1.29 is 9.84 Å². The Balaban J connectivity index is 1.69. The van der Waals surface area contributed by atoms with Gasteiger partial charge in [-0.2, -0.15) is 0 Å². The third kappa shape index (κ3) is 3.29. The van der Waals surface area contributed by atoms with Crippen LogP contribution in [-0.4, -0.2) is 48.0 Å². The number of aliphatic hydroxyl groups excluding tert-OH is 1. The molecule has 0 spiro atoms. The van der Waals surface area contributed by atoms with Crippen molar-refractivity contribution in [2.75, 3.05) is 19.7 Å². The first-order valence-corrected chi connectivity index (χ1v) is 8.52. The molecule has 2 aromatic rings. The van der Waals surface area contributed by atoms with Gasteiger partial charge in [0.2, 0.25) is 0 Å². The van der Waals surface area contributed by atoms with Crippen LogP contribution < -0.4 is 0 Å². The maximum absolute atomic E-state index is 10.6. The minimum absolute atomic E-state index is 0.0835. The number of aliphatic hydroxyl groups is 1. The number of hydrogen-bond donors (Lipinski definition) is 1. The average Bonchev–Trinajstić information content (AvgIpc) is 2.91. The molecule has 3 rings (SSSR count). The molecule has 1 N–H and O–H groups in total. The van der Waals surface area contributed by atoms with Crippen molar-refractivity contribution in [2.24, 2.45) is 0 Å². The summed E-state index contributed by atoms with van der Waals surface area (Å²) < 4.78 is 7.08. The van der Waals surface area contributed by atoms with Gasteiger partial charge >= 0.3 is 0 Å². The number of morpholine rings is 1. The van der Waals surface area contributed by atoms with Crippen LogP contribution in [0.4, 0.5) is 0 Å². The Morgan fingerprint density at radius 3 is 3.00 bits per heavy atom. The minimum atomic E-state index is -0.440. The molecule has 0 bridgehead atoms. The van der Waals surface area contributed by atoms with Gasteiger partial charge < -0.3 is 9.84 Å². The zero-order chi connectivity index (χ0) is 14.8. The average molecular weight is 305 g/mol. The highest BCUT2D eigenvalue weighted by atomic mass is 32.1. The van der Waals surface area contributed by atoms with Crippen LogP contribution in [0, 0.1) is 0 Å². The maximum atomic E-state index is 10.6. The van der Waals surface area contributed by atoms with Crippen molar-refractivity contribution in [3.05, 3.63) is 35.2 Å². The second kappa shape index (κ2) is 6.44. The van der Waals surface area contributed by atoms with Crippen LogP contribution in [-0.2, 0) is 11.2 Å². The molecule has 114 valence electrons. The van der Waals surface area contributed by atoms with Crippen LogP contribution in [0.5, 0.6) is 0 Å². The first-order chi connectivity index (χ1) is 10.1. The molecule has 2 unspecified atom stereocenters. The maximum Gasteiger partial charge on any atom is 0.0964 e. The van der Waals surface area contributed by atoms with Gasteiger partial charge in [0.15, 0.2) is 0 Å². The fourth-order valence-electron chi connectivity index (χ4n) is 2.95. The van der Waals surface area contributed by atoms with E-state index in [2.05, 4.69) is 48.4 Å². The summed E-state index contributed by atoms with van der Waals surface area (Å²) >= 11 is 1.75. The smallest absolute Gasteiger partial charge is 0.0964 e. The summed E-state index contributed by atoms with van der Waals surface area (Å²) in [5, 5.41) is 14.0. The Hall–Kier alpha value is -0.940. The van der Waals surface area contributed by atoms with Gasteiger partial charge in [-0.15, -0.1) is 11.3 Å². The zero-order valence-electron chi connectivity index (χ0n) is 12.7. The summed E-state index contributed by atoms with van der Waals surface area (Å²) in [6.45, 7) is 6.88. The number of thiophene rings is 1. The number of nitrogens with zero attached hydrogens (tertiary/aromatic N) is 1.